The van der Waals surface area contributed by atoms with E-state index in [0.29, 0.717) is 16.9 Å². The third-order valence-corrected chi connectivity index (χ3v) is 3.54. The highest BCUT2D eigenvalue weighted by Crippen LogP contribution is 2.37. The Kier molecular flexibility index (Phi) is 4.61. The van der Waals surface area contributed by atoms with E-state index in [1.807, 2.05) is 0 Å². The van der Waals surface area contributed by atoms with Gasteiger partial charge in [-0.15, -0.1) is 6.58 Å². The molecule has 1 fully saturated rings. The lowest BCUT2D eigenvalue weighted by Crippen LogP contribution is -2.44. The van der Waals surface area contributed by atoms with Crippen LogP contribution in [0.15, 0.2) is 24.8 Å². The Morgan fingerprint density at radius 2 is 2.20 bits per heavy atom. The van der Waals surface area contributed by atoms with Crippen molar-refractivity contribution in [1.82, 2.24) is 10.2 Å². The van der Waals surface area contributed by atoms with Crippen molar-refractivity contribution in [2.24, 2.45) is 0 Å². The Morgan fingerprint density at radius 3 is 2.75 bits per heavy atom. The molecule has 0 spiro atoms. The molecular weight excluding hydrogens is 254 g/mol. The minimum Gasteiger partial charge on any atom is -0.504 e. The van der Waals surface area contributed by atoms with Crippen molar-refractivity contribution in [3.63, 3.8) is 0 Å². The number of phenols is 1. The summed E-state index contributed by atoms with van der Waals surface area (Å²) in [6, 6.07) is 5.21. The monoisotopic (exact) mass is 273 g/mol. The van der Waals surface area contributed by atoms with Gasteiger partial charge in [-0.1, -0.05) is 6.08 Å². The maximum atomic E-state index is 10.3. The molecule has 0 aliphatic carbocycles. The molecule has 0 aromatic heterocycles. The molecule has 1 saturated heterocycles. The van der Waals surface area contributed by atoms with Crippen molar-refractivity contribution in [2.45, 2.75) is 6.04 Å². The van der Waals surface area contributed by atoms with Crippen LogP contribution in [0, 0.1) is 11.3 Å². The molecule has 106 valence electrons. The second-order valence-corrected chi connectivity index (χ2v) is 4.69. The fourth-order valence-electron chi connectivity index (χ4n) is 2.51. The molecule has 5 heteroatoms. The highest BCUT2D eigenvalue weighted by Gasteiger charge is 2.24. The van der Waals surface area contributed by atoms with E-state index in [0.717, 1.165) is 26.2 Å². The van der Waals surface area contributed by atoms with Crippen molar-refractivity contribution in [1.29, 1.82) is 5.26 Å². The predicted octanol–water partition coefficient (Wildman–Crippen LogP) is 1.40. The Hall–Kier alpha value is -2.03. The van der Waals surface area contributed by atoms with Crippen molar-refractivity contribution < 1.29 is 9.84 Å². The van der Waals surface area contributed by atoms with Crippen LogP contribution in [-0.4, -0.2) is 43.3 Å². The lowest BCUT2D eigenvalue weighted by molar-refractivity contribution is 0.200. The minimum absolute atomic E-state index is 0.0786. The largest absolute Gasteiger partial charge is 0.504 e. The first-order chi connectivity index (χ1) is 9.71. The van der Waals surface area contributed by atoms with E-state index < -0.39 is 0 Å². The van der Waals surface area contributed by atoms with Crippen LogP contribution in [0.3, 0.4) is 0 Å². The summed E-state index contributed by atoms with van der Waals surface area (Å²) in [4.78, 5) is 2.22. The van der Waals surface area contributed by atoms with E-state index in [1.165, 1.54) is 13.2 Å². The van der Waals surface area contributed by atoms with Gasteiger partial charge in [0.25, 0.3) is 0 Å². The number of hydrogen-bond donors (Lipinski definition) is 2. The zero-order chi connectivity index (χ0) is 14.5. The minimum atomic E-state index is -0.126. The molecule has 1 heterocycles. The summed E-state index contributed by atoms with van der Waals surface area (Å²) in [6.07, 6.45) is 1.79. The standard InChI is InChI=1S/C15H19N3O2/c1-3-13(18-6-4-17-5-7-18)12-8-11(10-16)9-14(20-2)15(12)19/h3,8-9,13,17,19H,1,4-7H2,2H3/t13-/m1/s1. The van der Waals surface area contributed by atoms with Gasteiger partial charge in [0, 0.05) is 37.8 Å². The zero-order valence-corrected chi connectivity index (χ0v) is 11.6. The van der Waals surface area contributed by atoms with Crippen molar-refractivity contribution in [3.05, 3.63) is 35.9 Å². The van der Waals surface area contributed by atoms with Crippen LogP contribution >= 0.6 is 0 Å². The van der Waals surface area contributed by atoms with Gasteiger partial charge >= 0.3 is 0 Å². The van der Waals surface area contributed by atoms with Gasteiger partial charge in [-0.2, -0.15) is 5.26 Å². The van der Waals surface area contributed by atoms with Gasteiger partial charge in [-0.05, 0) is 6.07 Å². The Morgan fingerprint density at radius 1 is 1.50 bits per heavy atom. The van der Waals surface area contributed by atoms with Gasteiger partial charge in [0.15, 0.2) is 11.5 Å². The maximum Gasteiger partial charge on any atom is 0.162 e. The third-order valence-electron chi connectivity index (χ3n) is 3.54. The molecule has 1 aliphatic heterocycles. The normalized spacial score (nSPS) is 17.2. The number of benzene rings is 1. The van der Waals surface area contributed by atoms with Crippen LogP contribution in [-0.2, 0) is 0 Å². The molecule has 2 N–H and O–H groups in total. The molecule has 20 heavy (non-hydrogen) atoms. The second-order valence-electron chi connectivity index (χ2n) is 4.69. The van der Waals surface area contributed by atoms with E-state index in [1.54, 1.807) is 12.1 Å². The molecule has 0 bridgehead atoms. The fraction of sp³-hybridized carbons (Fsp3) is 0.400. The van der Waals surface area contributed by atoms with Crippen LogP contribution in [0.1, 0.15) is 17.2 Å². The first-order valence-electron chi connectivity index (χ1n) is 6.59. The summed E-state index contributed by atoms with van der Waals surface area (Å²) >= 11 is 0. The number of aromatic hydroxyl groups is 1. The second kappa shape index (κ2) is 6.42. The van der Waals surface area contributed by atoms with Crippen LogP contribution in [0.4, 0.5) is 0 Å². The van der Waals surface area contributed by atoms with E-state index in [-0.39, 0.29) is 11.8 Å². The smallest absolute Gasteiger partial charge is 0.162 e. The van der Waals surface area contributed by atoms with Crippen molar-refractivity contribution >= 4 is 0 Å². The van der Waals surface area contributed by atoms with Crippen LogP contribution in [0.2, 0.25) is 0 Å². The maximum absolute atomic E-state index is 10.3. The number of methoxy groups -OCH3 is 1. The zero-order valence-electron chi connectivity index (χ0n) is 11.6. The van der Waals surface area contributed by atoms with Gasteiger partial charge in [0.2, 0.25) is 0 Å². The Labute approximate surface area is 119 Å². The van der Waals surface area contributed by atoms with E-state index >= 15 is 0 Å². The average molecular weight is 273 g/mol. The first kappa shape index (κ1) is 14.4. The molecule has 5 nitrogen and oxygen atoms in total. The summed E-state index contributed by atoms with van der Waals surface area (Å²) in [5, 5.41) is 22.7. The summed E-state index contributed by atoms with van der Waals surface area (Å²) in [6.45, 7) is 7.41. The van der Waals surface area contributed by atoms with Gasteiger partial charge < -0.3 is 15.2 Å². The number of rotatable bonds is 4. The summed E-state index contributed by atoms with van der Waals surface area (Å²) < 4.78 is 5.14. The van der Waals surface area contributed by atoms with Crippen molar-refractivity contribution in [2.75, 3.05) is 33.3 Å². The highest BCUT2D eigenvalue weighted by atomic mass is 16.5. The number of phenolic OH excluding ortho intramolecular Hbond substituents is 1. The Bertz CT molecular complexity index is 531. The van der Waals surface area contributed by atoms with Crippen molar-refractivity contribution in [3.8, 4) is 17.6 Å². The first-order valence-corrected chi connectivity index (χ1v) is 6.59. The van der Waals surface area contributed by atoms with Crippen LogP contribution < -0.4 is 10.1 Å². The highest BCUT2D eigenvalue weighted by molar-refractivity contribution is 5.53. The molecule has 1 aliphatic rings. The molecular formula is C15H19N3O2. The SMILES string of the molecule is C=C[C@H](c1cc(C#N)cc(OC)c1O)N1CCNCC1. The number of nitrogens with zero attached hydrogens (tertiary/aromatic N) is 2. The Balaban J connectivity index is 2.42. The van der Waals surface area contributed by atoms with E-state index in [2.05, 4.69) is 22.9 Å². The average Bonchev–Trinajstić information content (AvgIpc) is 2.50. The van der Waals surface area contributed by atoms with Gasteiger partial charge in [0.1, 0.15) is 0 Å². The lowest BCUT2D eigenvalue weighted by atomic mass is 10.00. The van der Waals surface area contributed by atoms with E-state index in [4.69, 9.17) is 10.00 Å². The number of hydrogen-bond acceptors (Lipinski definition) is 5. The topological polar surface area (TPSA) is 68.5 Å². The summed E-state index contributed by atoms with van der Waals surface area (Å²) in [5.74, 6) is 0.399. The third kappa shape index (κ3) is 2.77. The number of nitrogens with one attached hydrogen (secondary N) is 1. The number of piperazine rings is 1. The van der Waals surface area contributed by atoms with E-state index in [9.17, 15) is 5.11 Å². The lowest BCUT2D eigenvalue weighted by Gasteiger charge is -2.33. The molecule has 0 radical (unpaired) electrons. The van der Waals surface area contributed by atoms with Crippen LogP contribution in [0.5, 0.6) is 11.5 Å². The number of ether oxygens (including phenoxy) is 1. The summed E-state index contributed by atoms with van der Waals surface area (Å²) in [5.41, 5.74) is 1.13. The molecule has 1 atom stereocenters. The van der Waals surface area contributed by atoms with Gasteiger partial charge in [-0.25, -0.2) is 0 Å². The van der Waals surface area contributed by atoms with Crippen LogP contribution in [0.25, 0.3) is 0 Å². The molecule has 0 amide bonds. The molecule has 1 aromatic rings. The quantitative estimate of drug-likeness (QED) is 0.812. The fourth-order valence-corrected chi connectivity index (χ4v) is 2.51. The molecule has 0 unspecified atom stereocenters. The molecule has 0 saturated carbocycles. The predicted molar refractivity (Wildman–Crippen MR) is 76.8 cm³/mol. The van der Waals surface area contributed by atoms with Gasteiger partial charge in [0.05, 0.1) is 24.8 Å². The molecule has 2 rings (SSSR count). The summed E-state index contributed by atoms with van der Waals surface area (Å²) in [7, 11) is 1.48. The number of nitriles is 1. The molecule has 1 aromatic carbocycles. The van der Waals surface area contributed by atoms with Gasteiger partial charge in [-0.3, -0.25) is 4.90 Å².